The lowest BCUT2D eigenvalue weighted by Gasteiger charge is -2.12. The highest BCUT2D eigenvalue weighted by Crippen LogP contribution is 2.17. The van der Waals surface area contributed by atoms with Gasteiger partial charge >= 0.3 is 0 Å². The average Bonchev–Trinajstić information content (AvgIpc) is 2.57. The lowest BCUT2D eigenvalue weighted by molar-refractivity contribution is -0.120. The van der Waals surface area contributed by atoms with Crippen molar-refractivity contribution in [1.29, 1.82) is 0 Å². The van der Waals surface area contributed by atoms with Gasteiger partial charge in [-0.05, 0) is 37.1 Å². The molecule has 0 saturated carbocycles. The van der Waals surface area contributed by atoms with Gasteiger partial charge in [0, 0.05) is 5.75 Å². The van der Waals surface area contributed by atoms with Crippen LogP contribution >= 0.6 is 11.8 Å². The molecular formula is C19H23NO2S. The number of benzene rings is 2. The van der Waals surface area contributed by atoms with Crippen molar-refractivity contribution < 1.29 is 9.53 Å². The minimum atomic E-state index is -0.0748. The number of amides is 1. The van der Waals surface area contributed by atoms with Gasteiger partial charge in [0.1, 0.15) is 12.4 Å². The molecule has 0 spiro atoms. The van der Waals surface area contributed by atoms with E-state index in [-0.39, 0.29) is 11.2 Å². The molecule has 0 unspecified atom stereocenters. The Morgan fingerprint density at radius 2 is 1.96 bits per heavy atom. The maximum absolute atomic E-state index is 12.0. The number of nitrogens with one attached hydrogen (secondary N) is 1. The standard InChI is InChI=1S/C19H23NO2S/c1-15-7-6-10-18(13-15)22-12-11-20-19(21)16(2)23-14-17-8-4-3-5-9-17/h3-10,13,16H,11-12,14H2,1-2H3,(H,20,21)/t16-/m0/s1. The molecule has 3 nitrogen and oxygen atoms in total. The van der Waals surface area contributed by atoms with Crippen LogP contribution in [0.4, 0.5) is 0 Å². The van der Waals surface area contributed by atoms with E-state index in [2.05, 4.69) is 17.4 Å². The Balaban J connectivity index is 1.64. The highest BCUT2D eigenvalue weighted by Gasteiger charge is 2.12. The number of thioether (sulfide) groups is 1. The first kappa shape index (κ1) is 17.4. The number of carbonyl (C=O) groups excluding carboxylic acids is 1. The Bertz CT molecular complexity index is 616. The van der Waals surface area contributed by atoms with E-state index in [0.717, 1.165) is 17.1 Å². The van der Waals surface area contributed by atoms with Crippen LogP contribution in [0, 0.1) is 6.92 Å². The molecule has 0 aromatic heterocycles. The van der Waals surface area contributed by atoms with Crippen molar-refractivity contribution in [1.82, 2.24) is 5.32 Å². The van der Waals surface area contributed by atoms with E-state index in [9.17, 15) is 4.79 Å². The largest absolute Gasteiger partial charge is 0.492 e. The van der Waals surface area contributed by atoms with Crippen LogP contribution in [-0.4, -0.2) is 24.3 Å². The molecule has 1 N–H and O–H groups in total. The summed E-state index contributed by atoms with van der Waals surface area (Å²) in [6.07, 6.45) is 0. The molecule has 0 radical (unpaired) electrons. The summed E-state index contributed by atoms with van der Waals surface area (Å²) >= 11 is 1.64. The first-order chi connectivity index (χ1) is 11.1. The summed E-state index contributed by atoms with van der Waals surface area (Å²) in [5.41, 5.74) is 2.40. The van der Waals surface area contributed by atoms with Crippen molar-refractivity contribution in [2.75, 3.05) is 13.2 Å². The van der Waals surface area contributed by atoms with Crippen LogP contribution in [0.1, 0.15) is 18.1 Å². The van der Waals surface area contributed by atoms with E-state index >= 15 is 0 Å². The van der Waals surface area contributed by atoms with Gasteiger partial charge in [-0.2, -0.15) is 0 Å². The van der Waals surface area contributed by atoms with Crippen molar-refractivity contribution in [3.8, 4) is 5.75 Å². The van der Waals surface area contributed by atoms with E-state index in [1.807, 2.05) is 56.3 Å². The second kappa shape index (κ2) is 9.26. The number of rotatable bonds is 8. The van der Waals surface area contributed by atoms with E-state index in [0.29, 0.717) is 13.2 Å². The highest BCUT2D eigenvalue weighted by molar-refractivity contribution is 7.99. The maximum Gasteiger partial charge on any atom is 0.232 e. The first-order valence-electron chi connectivity index (χ1n) is 7.78. The Hall–Kier alpha value is -1.94. The van der Waals surface area contributed by atoms with Crippen molar-refractivity contribution in [2.45, 2.75) is 24.9 Å². The number of hydrogen-bond donors (Lipinski definition) is 1. The molecule has 1 amide bonds. The molecule has 1 atom stereocenters. The summed E-state index contributed by atoms with van der Waals surface area (Å²) < 4.78 is 5.62. The third kappa shape index (κ3) is 6.37. The summed E-state index contributed by atoms with van der Waals surface area (Å²) in [5, 5.41) is 2.84. The molecule has 2 aromatic rings. The fourth-order valence-corrected chi connectivity index (χ4v) is 2.93. The first-order valence-corrected chi connectivity index (χ1v) is 8.83. The molecule has 23 heavy (non-hydrogen) atoms. The van der Waals surface area contributed by atoms with Crippen LogP contribution in [0.15, 0.2) is 54.6 Å². The second-order valence-corrected chi connectivity index (χ2v) is 6.72. The minimum Gasteiger partial charge on any atom is -0.492 e. The Kier molecular flexibility index (Phi) is 7.01. The van der Waals surface area contributed by atoms with E-state index in [1.165, 1.54) is 5.56 Å². The quantitative estimate of drug-likeness (QED) is 0.748. The van der Waals surface area contributed by atoms with Crippen LogP contribution < -0.4 is 10.1 Å². The van der Waals surface area contributed by atoms with Crippen LogP contribution in [0.2, 0.25) is 0 Å². The maximum atomic E-state index is 12.0. The molecule has 0 saturated heterocycles. The molecule has 0 aliphatic heterocycles. The summed E-state index contributed by atoms with van der Waals surface area (Å²) in [4.78, 5) is 12.0. The molecule has 122 valence electrons. The van der Waals surface area contributed by atoms with Gasteiger partial charge in [-0.15, -0.1) is 11.8 Å². The third-order valence-corrected chi connectivity index (χ3v) is 4.59. The molecule has 2 aromatic carbocycles. The summed E-state index contributed by atoms with van der Waals surface area (Å²) in [5.74, 6) is 1.74. The fourth-order valence-electron chi connectivity index (χ4n) is 2.06. The average molecular weight is 329 g/mol. The van der Waals surface area contributed by atoms with Gasteiger partial charge < -0.3 is 10.1 Å². The lowest BCUT2D eigenvalue weighted by atomic mass is 10.2. The summed E-state index contributed by atoms with van der Waals surface area (Å²) in [6.45, 7) is 4.96. The zero-order valence-electron chi connectivity index (χ0n) is 13.6. The SMILES string of the molecule is Cc1cccc(OCCNC(=O)[C@H](C)SCc2ccccc2)c1. The fraction of sp³-hybridized carbons (Fsp3) is 0.316. The van der Waals surface area contributed by atoms with Gasteiger partial charge in [-0.3, -0.25) is 4.79 Å². The van der Waals surface area contributed by atoms with Gasteiger partial charge in [0.15, 0.2) is 0 Å². The predicted molar refractivity (Wildman–Crippen MR) is 96.9 cm³/mol. The van der Waals surface area contributed by atoms with Gasteiger partial charge in [-0.25, -0.2) is 0 Å². The monoisotopic (exact) mass is 329 g/mol. The van der Waals surface area contributed by atoms with Crippen LogP contribution in [0.25, 0.3) is 0 Å². The smallest absolute Gasteiger partial charge is 0.232 e. The summed E-state index contributed by atoms with van der Waals surface area (Å²) in [6, 6.07) is 18.1. The molecule has 0 heterocycles. The number of hydrogen-bond acceptors (Lipinski definition) is 3. The van der Waals surface area contributed by atoms with Gasteiger partial charge in [0.25, 0.3) is 0 Å². The van der Waals surface area contributed by atoms with Gasteiger partial charge in [0.05, 0.1) is 11.8 Å². The molecule has 0 aliphatic rings. The number of carbonyl (C=O) groups is 1. The van der Waals surface area contributed by atoms with E-state index in [4.69, 9.17) is 4.74 Å². The number of aryl methyl sites for hydroxylation is 1. The predicted octanol–water partition coefficient (Wildman–Crippen LogP) is 3.81. The molecular weight excluding hydrogens is 306 g/mol. The van der Waals surface area contributed by atoms with Gasteiger partial charge in [0.2, 0.25) is 5.91 Å². The van der Waals surface area contributed by atoms with Crippen molar-refractivity contribution in [2.24, 2.45) is 0 Å². The molecule has 0 fully saturated rings. The molecule has 0 aliphatic carbocycles. The normalized spacial score (nSPS) is 11.7. The van der Waals surface area contributed by atoms with E-state index < -0.39 is 0 Å². The van der Waals surface area contributed by atoms with Gasteiger partial charge in [-0.1, -0.05) is 42.5 Å². The lowest BCUT2D eigenvalue weighted by Crippen LogP contribution is -2.34. The minimum absolute atomic E-state index is 0.0544. The zero-order valence-corrected chi connectivity index (χ0v) is 14.4. The Labute approximate surface area is 142 Å². The summed E-state index contributed by atoms with van der Waals surface area (Å²) in [7, 11) is 0. The second-order valence-electron chi connectivity index (χ2n) is 5.39. The van der Waals surface area contributed by atoms with Crippen molar-refractivity contribution in [3.63, 3.8) is 0 Å². The Morgan fingerprint density at radius 3 is 2.70 bits per heavy atom. The van der Waals surface area contributed by atoms with Crippen molar-refractivity contribution in [3.05, 3.63) is 65.7 Å². The van der Waals surface area contributed by atoms with Crippen LogP contribution in [-0.2, 0) is 10.5 Å². The topological polar surface area (TPSA) is 38.3 Å². The van der Waals surface area contributed by atoms with Crippen molar-refractivity contribution >= 4 is 17.7 Å². The molecule has 4 heteroatoms. The van der Waals surface area contributed by atoms with Crippen LogP contribution in [0.5, 0.6) is 5.75 Å². The van der Waals surface area contributed by atoms with Crippen LogP contribution in [0.3, 0.4) is 0 Å². The third-order valence-electron chi connectivity index (χ3n) is 3.37. The van der Waals surface area contributed by atoms with E-state index in [1.54, 1.807) is 11.8 Å². The Morgan fingerprint density at radius 1 is 1.17 bits per heavy atom. The highest BCUT2D eigenvalue weighted by atomic mass is 32.2. The number of ether oxygens (including phenoxy) is 1. The zero-order chi connectivity index (χ0) is 16.5. The molecule has 0 bridgehead atoms. The molecule has 2 rings (SSSR count).